The van der Waals surface area contributed by atoms with Crippen LogP contribution in [0.15, 0.2) is 35.6 Å². The van der Waals surface area contributed by atoms with Crippen LogP contribution in [0.2, 0.25) is 5.15 Å². The molecular weight excluding hydrogens is 314 g/mol. The van der Waals surface area contributed by atoms with Crippen molar-refractivity contribution < 1.29 is 13.5 Å². The molecule has 1 aromatic carbocycles. The van der Waals surface area contributed by atoms with Crippen molar-refractivity contribution in [2.24, 2.45) is 7.05 Å². The fourth-order valence-corrected chi connectivity index (χ4v) is 3.67. The van der Waals surface area contributed by atoms with Gasteiger partial charge in [0.2, 0.25) is 5.03 Å². The summed E-state index contributed by atoms with van der Waals surface area (Å²) in [6, 6.07) is 6.04. The molecule has 0 bridgehead atoms. The van der Waals surface area contributed by atoms with Gasteiger partial charge in [0.1, 0.15) is 10.9 Å². The van der Waals surface area contributed by atoms with Gasteiger partial charge in [0, 0.05) is 19.7 Å². The Hall–Kier alpha value is -1.57. The summed E-state index contributed by atoms with van der Waals surface area (Å²) in [5.41, 5.74) is 0.510. The molecule has 0 radical (unpaired) electrons. The van der Waals surface area contributed by atoms with Crippen LogP contribution in [0, 0.1) is 0 Å². The van der Waals surface area contributed by atoms with Crippen molar-refractivity contribution in [3.63, 3.8) is 0 Å². The quantitative estimate of drug-likeness (QED) is 0.932. The number of halogens is 1. The predicted octanol–water partition coefficient (Wildman–Crippen LogP) is 2.16. The number of phenols is 1. The molecule has 0 saturated carbocycles. The van der Waals surface area contributed by atoms with Crippen LogP contribution in [0.4, 0.5) is 0 Å². The first-order valence-electron chi connectivity index (χ1n) is 6.19. The van der Waals surface area contributed by atoms with Gasteiger partial charge in [-0.15, -0.1) is 0 Å². The van der Waals surface area contributed by atoms with E-state index < -0.39 is 16.1 Å². The maximum atomic E-state index is 12.6. The lowest BCUT2D eigenvalue weighted by Gasteiger charge is -2.24. The fourth-order valence-electron chi connectivity index (χ4n) is 1.95. The van der Waals surface area contributed by atoms with Gasteiger partial charge in [0.05, 0.1) is 12.4 Å². The van der Waals surface area contributed by atoms with E-state index in [2.05, 4.69) is 4.98 Å². The second-order valence-corrected chi connectivity index (χ2v) is 6.98. The van der Waals surface area contributed by atoms with Crippen molar-refractivity contribution in [3.05, 3.63) is 41.3 Å². The topological polar surface area (TPSA) is 75.4 Å². The molecule has 0 aliphatic rings. The highest BCUT2D eigenvalue weighted by Gasteiger charge is 2.31. The van der Waals surface area contributed by atoms with Crippen molar-refractivity contribution in [2.75, 3.05) is 7.05 Å². The van der Waals surface area contributed by atoms with Crippen LogP contribution < -0.4 is 0 Å². The van der Waals surface area contributed by atoms with Crippen LogP contribution in [0.5, 0.6) is 5.75 Å². The number of sulfonamides is 1. The van der Waals surface area contributed by atoms with Crippen molar-refractivity contribution >= 4 is 21.6 Å². The van der Waals surface area contributed by atoms with Crippen LogP contribution in [-0.4, -0.2) is 34.4 Å². The van der Waals surface area contributed by atoms with Crippen LogP contribution in [0.3, 0.4) is 0 Å². The zero-order chi connectivity index (χ0) is 15.8. The van der Waals surface area contributed by atoms with Crippen molar-refractivity contribution in [1.29, 1.82) is 0 Å². The van der Waals surface area contributed by atoms with Crippen LogP contribution in [-0.2, 0) is 17.1 Å². The second kappa shape index (κ2) is 5.67. The lowest BCUT2D eigenvalue weighted by Crippen LogP contribution is -2.30. The molecular formula is C13H16ClN3O3S. The van der Waals surface area contributed by atoms with Crippen molar-refractivity contribution in [3.8, 4) is 5.75 Å². The monoisotopic (exact) mass is 329 g/mol. The molecule has 8 heteroatoms. The first kappa shape index (κ1) is 15.8. The number of rotatable bonds is 4. The van der Waals surface area contributed by atoms with Gasteiger partial charge in [0.25, 0.3) is 10.0 Å². The molecule has 0 fully saturated rings. The molecule has 0 saturated heterocycles. The number of hydrogen-bond acceptors (Lipinski definition) is 4. The minimum Gasteiger partial charge on any atom is -0.508 e. The van der Waals surface area contributed by atoms with Gasteiger partial charge in [-0.2, -0.15) is 4.31 Å². The standard InChI is InChI=1S/C13H16ClN3O3S/c1-9(10-6-4-5-7-11(10)18)17(3)21(19,20)13-12(14)16(2)8-15-13/h4-9,18H,1-3H3/t9-/m1/s1. The number of aromatic nitrogens is 2. The highest BCUT2D eigenvalue weighted by molar-refractivity contribution is 7.89. The molecule has 0 aliphatic heterocycles. The Bertz CT molecular complexity index is 758. The molecule has 2 aromatic rings. The zero-order valence-electron chi connectivity index (χ0n) is 11.9. The van der Waals surface area contributed by atoms with E-state index in [1.54, 1.807) is 32.2 Å². The second-order valence-electron chi connectivity index (χ2n) is 4.71. The zero-order valence-corrected chi connectivity index (χ0v) is 13.4. The van der Waals surface area contributed by atoms with Gasteiger partial charge in [-0.05, 0) is 13.0 Å². The normalized spacial score (nSPS) is 13.6. The molecule has 114 valence electrons. The van der Waals surface area contributed by atoms with Gasteiger partial charge in [0.15, 0.2) is 0 Å². The van der Waals surface area contributed by atoms with Crippen molar-refractivity contribution in [2.45, 2.75) is 18.0 Å². The van der Waals surface area contributed by atoms with E-state index >= 15 is 0 Å². The third-order valence-electron chi connectivity index (χ3n) is 3.39. The molecule has 1 N–H and O–H groups in total. The van der Waals surface area contributed by atoms with Crippen LogP contribution in [0.1, 0.15) is 18.5 Å². The highest BCUT2D eigenvalue weighted by Crippen LogP contribution is 2.32. The van der Waals surface area contributed by atoms with Gasteiger partial charge in [-0.3, -0.25) is 0 Å². The number of nitrogens with zero attached hydrogens (tertiary/aromatic N) is 3. The molecule has 0 unspecified atom stereocenters. The largest absolute Gasteiger partial charge is 0.508 e. The average molecular weight is 330 g/mol. The van der Waals surface area contributed by atoms with E-state index in [1.807, 2.05) is 0 Å². The molecule has 1 aromatic heterocycles. The third kappa shape index (κ3) is 2.76. The first-order valence-corrected chi connectivity index (χ1v) is 8.01. The van der Waals surface area contributed by atoms with Gasteiger partial charge in [-0.25, -0.2) is 13.4 Å². The van der Waals surface area contributed by atoms with E-state index in [1.165, 1.54) is 24.0 Å². The molecule has 0 amide bonds. The van der Waals surface area contributed by atoms with Crippen LogP contribution in [0.25, 0.3) is 0 Å². The molecule has 21 heavy (non-hydrogen) atoms. The summed E-state index contributed by atoms with van der Waals surface area (Å²) >= 11 is 5.96. The third-order valence-corrected chi connectivity index (χ3v) is 5.81. The Morgan fingerprint density at radius 1 is 1.38 bits per heavy atom. The number of phenolic OH excluding ortho intramolecular Hbond substituents is 1. The Morgan fingerprint density at radius 3 is 2.52 bits per heavy atom. The number of benzene rings is 1. The van der Waals surface area contributed by atoms with Gasteiger partial charge < -0.3 is 9.67 Å². The van der Waals surface area contributed by atoms with Gasteiger partial charge in [-0.1, -0.05) is 29.8 Å². The number of aromatic hydroxyl groups is 1. The Morgan fingerprint density at radius 2 is 2.00 bits per heavy atom. The summed E-state index contributed by atoms with van der Waals surface area (Å²) in [5.74, 6) is 0.0409. The first-order chi connectivity index (χ1) is 9.76. The molecule has 6 nitrogen and oxygen atoms in total. The maximum absolute atomic E-state index is 12.6. The summed E-state index contributed by atoms with van der Waals surface area (Å²) < 4.78 is 27.7. The highest BCUT2D eigenvalue weighted by atomic mass is 35.5. The smallest absolute Gasteiger partial charge is 0.263 e. The summed E-state index contributed by atoms with van der Waals surface area (Å²) in [6.45, 7) is 1.68. The van der Waals surface area contributed by atoms with Crippen LogP contribution >= 0.6 is 11.6 Å². The Kier molecular flexibility index (Phi) is 4.27. The lowest BCUT2D eigenvalue weighted by atomic mass is 10.1. The van der Waals surface area contributed by atoms with Gasteiger partial charge >= 0.3 is 0 Å². The van der Waals surface area contributed by atoms with E-state index in [4.69, 9.17) is 11.6 Å². The minimum atomic E-state index is -3.85. The lowest BCUT2D eigenvalue weighted by molar-refractivity contribution is 0.380. The minimum absolute atomic E-state index is 0.0409. The molecule has 0 aliphatic carbocycles. The van der Waals surface area contributed by atoms with E-state index in [9.17, 15) is 13.5 Å². The number of aryl methyl sites for hydroxylation is 1. The number of imidazole rings is 1. The Balaban J connectivity index is 2.41. The summed E-state index contributed by atoms with van der Waals surface area (Å²) in [6.07, 6.45) is 1.34. The summed E-state index contributed by atoms with van der Waals surface area (Å²) in [4.78, 5) is 3.85. The average Bonchev–Trinajstić information content (AvgIpc) is 2.78. The Labute approximate surface area is 128 Å². The predicted molar refractivity (Wildman–Crippen MR) is 79.7 cm³/mol. The molecule has 0 spiro atoms. The van der Waals surface area contributed by atoms with E-state index in [0.717, 1.165) is 4.31 Å². The van der Waals surface area contributed by atoms with Crippen molar-refractivity contribution in [1.82, 2.24) is 13.9 Å². The fraction of sp³-hybridized carbons (Fsp3) is 0.308. The number of para-hydroxylation sites is 1. The van der Waals surface area contributed by atoms with E-state index in [0.29, 0.717) is 5.56 Å². The molecule has 2 rings (SSSR count). The van der Waals surface area contributed by atoms with E-state index in [-0.39, 0.29) is 15.9 Å². The maximum Gasteiger partial charge on any atom is 0.263 e. The summed E-state index contributed by atoms with van der Waals surface area (Å²) in [5, 5.41) is 9.71. The molecule has 1 atom stereocenters. The summed E-state index contributed by atoms with van der Waals surface area (Å²) in [7, 11) is -0.815. The molecule has 1 heterocycles. The number of hydrogen-bond donors (Lipinski definition) is 1. The SMILES string of the molecule is C[C@H](c1ccccc1O)N(C)S(=O)(=O)c1ncn(C)c1Cl.